The van der Waals surface area contributed by atoms with Gasteiger partial charge in [-0.15, -0.1) is 13.2 Å². The van der Waals surface area contributed by atoms with Gasteiger partial charge in [-0.2, -0.15) is 0 Å². The summed E-state index contributed by atoms with van der Waals surface area (Å²) >= 11 is 0. The zero-order valence-electron chi connectivity index (χ0n) is 26.6. The van der Waals surface area contributed by atoms with Crippen LogP contribution in [0.4, 0.5) is 0 Å². The molecule has 2 amide bonds. The molecule has 0 saturated carbocycles. The van der Waals surface area contributed by atoms with Crippen LogP contribution in [-0.2, 0) is 48.1 Å². The van der Waals surface area contributed by atoms with Crippen molar-refractivity contribution >= 4 is 23.8 Å². The van der Waals surface area contributed by atoms with Gasteiger partial charge in [0.05, 0.1) is 24.5 Å². The Hall–Kier alpha value is -5.02. The summed E-state index contributed by atoms with van der Waals surface area (Å²) in [6.07, 6.45) is 4.26. The summed E-state index contributed by atoms with van der Waals surface area (Å²) in [5, 5.41) is 15.3. The van der Waals surface area contributed by atoms with Crippen molar-refractivity contribution in [1.29, 1.82) is 0 Å². The van der Waals surface area contributed by atoms with E-state index in [1.54, 1.807) is 18.2 Å². The third kappa shape index (κ3) is 13.1. The Kier molecular flexibility index (Phi) is 15.6. The summed E-state index contributed by atoms with van der Waals surface area (Å²) in [6, 6.07) is 26.1. The van der Waals surface area contributed by atoms with Crippen LogP contribution >= 0.6 is 0 Å². The van der Waals surface area contributed by atoms with Gasteiger partial charge in [0.2, 0.25) is 11.8 Å². The number of benzene rings is 3. The first kappa shape index (κ1) is 36.4. The summed E-state index contributed by atoms with van der Waals surface area (Å²) in [6.45, 7) is 6.67. The first-order valence-electron chi connectivity index (χ1n) is 15.7. The number of ether oxygens (including phenoxy) is 2. The molecule has 47 heavy (non-hydrogen) atoms. The van der Waals surface area contributed by atoms with Gasteiger partial charge in [0.25, 0.3) is 0 Å². The molecule has 0 aromatic heterocycles. The van der Waals surface area contributed by atoms with E-state index in [1.807, 2.05) is 78.9 Å². The van der Waals surface area contributed by atoms with E-state index in [0.29, 0.717) is 19.3 Å². The van der Waals surface area contributed by atoms with E-state index in [1.165, 1.54) is 6.08 Å². The number of rotatable bonds is 20. The topological polar surface area (TPSA) is 131 Å². The van der Waals surface area contributed by atoms with Crippen molar-refractivity contribution in [2.75, 3.05) is 13.2 Å². The van der Waals surface area contributed by atoms with Crippen LogP contribution in [0.1, 0.15) is 36.0 Å². The monoisotopic (exact) mass is 640 g/mol. The lowest BCUT2D eigenvalue weighted by Crippen LogP contribution is -2.48. The molecule has 0 aliphatic carbocycles. The number of carbonyl (C=O) groups excluding carboxylic acids is 4. The molecule has 3 N–H and O–H groups in total. The van der Waals surface area contributed by atoms with Gasteiger partial charge in [0, 0.05) is 6.42 Å². The molecule has 3 rings (SSSR count). The van der Waals surface area contributed by atoms with Crippen molar-refractivity contribution in [2.45, 2.75) is 50.8 Å². The average Bonchev–Trinajstić information content (AvgIpc) is 3.09. The first-order valence-corrected chi connectivity index (χ1v) is 15.7. The molecule has 9 heteroatoms. The summed E-state index contributed by atoms with van der Waals surface area (Å²) in [7, 11) is 0. The number of esters is 2. The van der Waals surface area contributed by atoms with E-state index in [-0.39, 0.29) is 26.1 Å². The van der Waals surface area contributed by atoms with E-state index in [0.717, 1.165) is 16.7 Å². The lowest BCUT2D eigenvalue weighted by molar-refractivity contribution is -0.157. The molecule has 0 aliphatic rings. The van der Waals surface area contributed by atoms with Crippen LogP contribution in [0.3, 0.4) is 0 Å². The van der Waals surface area contributed by atoms with Crippen molar-refractivity contribution in [3.63, 3.8) is 0 Å². The van der Waals surface area contributed by atoms with Gasteiger partial charge < -0.3 is 25.2 Å². The minimum absolute atomic E-state index is 0.0461. The lowest BCUT2D eigenvalue weighted by Gasteiger charge is -2.23. The number of carbonyl (C=O) groups is 4. The summed E-state index contributed by atoms with van der Waals surface area (Å²) in [4.78, 5) is 52.8. The number of hydrogen-bond acceptors (Lipinski definition) is 7. The zero-order chi connectivity index (χ0) is 33.9. The van der Waals surface area contributed by atoms with Gasteiger partial charge in [-0.1, -0.05) is 103 Å². The number of nitrogens with one attached hydrogen (secondary N) is 2. The fourth-order valence-electron chi connectivity index (χ4n) is 4.99. The second-order valence-electron chi connectivity index (χ2n) is 11.3. The van der Waals surface area contributed by atoms with Crippen LogP contribution in [0.2, 0.25) is 0 Å². The van der Waals surface area contributed by atoms with Crippen LogP contribution in [0.5, 0.6) is 0 Å². The number of amides is 2. The molecule has 0 unspecified atom stereocenters. The van der Waals surface area contributed by atoms with Crippen LogP contribution in [-0.4, -0.2) is 54.2 Å². The van der Waals surface area contributed by atoms with Gasteiger partial charge in [0.1, 0.15) is 13.2 Å². The van der Waals surface area contributed by atoms with Crippen molar-refractivity contribution in [3.05, 3.63) is 133 Å². The minimum Gasteiger partial charge on any atom is -0.463 e. The summed E-state index contributed by atoms with van der Waals surface area (Å²) in [5.74, 6) is -3.80. The van der Waals surface area contributed by atoms with Crippen molar-refractivity contribution in [1.82, 2.24) is 10.6 Å². The smallest absolute Gasteiger partial charge is 0.332 e. The fraction of sp³-hybridized carbons (Fsp3) is 0.316. The van der Waals surface area contributed by atoms with Gasteiger partial charge in [-0.25, -0.2) is 4.79 Å². The highest BCUT2D eigenvalue weighted by molar-refractivity contribution is 5.89. The predicted octanol–water partition coefficient (Wildman–Crippen LogP) is 4.50. The molecule has 248 valence electrons. The molecule has 0 fully saturated rings. The van der Waals surface area contributed by atoms with Crippen molar-refractivity contribution in [2.24, 2.45) is 11.8 Å². The first-order chi connectivity index (χ1) is 22.8. The Morgan fingerprint density at radius 3 is 1.77 bits per heavy atom. The van der Waals surface area contributed by atoms with Crippen LogP contribution < -0.4 is 10.6 Å². The normalized spacial score (nSPS) is 13.2. The predicted molar refractivity (Wildman–Crippen MR) is 180 cm³/mol. The highest BCUT2D eigenvalue weighted by atomic mass is 16.6. The number of allylic oxidation sites excluding steroid dienone is 2. The quantitative estimate of drug-likeness (QED) is 0.123. The van der Waals surface area contributed by atoms with Crippen molar-refractivity contribution in [3.8, 4) is 0 Å². The Bertz CT molecular complexity index is 1430. The fourth-order valence-corrected chi connectivity index (χ4v) is 4.99. The molecule has 0 radical (unpaired) electrons. The molecule has 3 aromatic carbocycles. The van der Waals surface area contributed by atoms with E-state index in [2.05, 4.69) is 23.8 Å². The summed E-state index contributed by atoms with van der Waals surface area (Å²) < 4.78 is 11.1. The molecule has 0 heterocycles. The van der Waals surface area contributed by atoms with E-state index in [4.69, 9.17) is 9.47 Å². The van der Waals surface area contributed by atoms with E-state index >= 15 is 0 Å². The highest BCUT2D eigenvalue weighted by Crippen LogP contribution is 2.16. The Labute approximate surface area is 276 Å². The number of aliphatic hydroxyl groups is 1. The van der Waals surface area contributed by atoms with Gasteiger partial charge in [0.15, 0.2) is 6.04 Å². The second-order valence-corrected chi connectivity index (χ2v) is 11.3. The molecule has 0 spiro atoms. The molecule has 3 aromatic rings. The third-order valence-electron chi connectivity index (χ3n) is 7.49. The Morgan fingerprint density at radius 2 is 1.21 bits per heavy atom. The Morgan fingerprint density at radius 1 is 0.681 bits per heavy atom. The maximum Gasteiger partial charge on any atom is 0.332 e. The third-order valence-corrected chi connectivity index (χ3v) is 7.49. The summed E-state index contributed by atoms with van der Waals surface area (Å²) in [5.41, 5.74) is 2.63. The van der Waals surface area contributed by atoms with Gasteiger partial charge >= 0.3 is 11.9 Å². The van der Waals surface area contributed by atoms with Gasteiger partial charge in [-0.3, -0.25) is 14.4 Å². The van der Waals surface area contributed by atoms with E-state index < -0.39 is 54.3 Å². The SMILES string of the molecule is C=CC[C@H](CC(=O)N[C@@H](CO)Cc1ccccc1)C(=O)N[C@H](COC(=O)[C@H](CC=C)Cc1ccccc1)C(=O)OCc1ccccc1. The minimum atomic E-state index is -1.32. The average molecular weight is 641 g/mol. The Balaban J connectivity index is 1.68. The van der Waals surface area contributed by atoms with E-state index in [9.17, 15) is 24.3 Å². The van der Waals surface area contributed by atoms with Crippen LogP contribution in [0.25, 0.3) is 0 Å². The molecular weight excluding hydrogens is 596 g/mol. The van der Waals surface area contributed by atoms with Crippen LogP contribution in [0, 0.1) is 11.8 Å². The maximum absolute atomic E-state index is 13.5. The molecule has 0 aliphatic heterocycles. The molecule has 0 saturated heterocycles. The zero-order valence-corrected chi connectivity index (χ0v) is 26.6. The van der Waals surface area contributed by atoms with Gasteiger partial charge in [-0.05, 0) is 42.4 Å². The molecule has 4 atom stereocenters. The molecular formula is C38H44N2O7. The molecule has 0 bridgehead atoms. The molecule has 9 nitrogen and oxygen atoms in total. The second kappa shape index (κ2) is 20.2. The number of hydrogen-bond donors (Lipinski definition) is 3. The number of aliphatic hydroxyl groups excluding tert-OH is 1. The largest absolute Gasteiger partial charge is 0.463 e. The standard InChI is InChI=1S/C38H44N2O7/c1-3-14-31(24-35(42)39-33(25-41)23-29-18-10-6-11-19-29)36(43)40-34(38(45)46-26-30-20-12-7-13-21-30)27-47-37(44)32(15-4-2)22-28-16-8-5-9-17-28/h3-13,16-21,31-34,41H,1-2,14-15,22-27H2,(H,39,42)(H,40,43)/t31-,32-,33-,34-/m1/s1. The van der Waals surface area contributed by atoms with Crippen LogP contribution in [0.15, 0.2) is 116 Å². The van der Waals surface area contributed by atoms with Crippen molar-refractivity contribution < 1.29 is 33.8 Å². The maximum atomic E-state index is 13.5. The lowest BCUT2D eigenvalue weighted by atomic mass is 9.96. The highest BCUT2D eigenvalue weighted by Gasteiger charge is 2.30.